The molecule has 2 nitrogen and oxygen atoms in total. The normalized spacial score (nSPS) is 10.6. The van der Waals surface area contributed by atoms with Gasteiger partial charge in [0.2, 0.25) is 0 Å². The van der Waals surface area contributed by atoms with Crippen molar-refractivity contribution in [3.8, 4) is 0 Å². The van der Waals surface area contributed by atoms with Crippen molar-refractivity contribution in [3.05, 3.63) is 46.2 Å². The highest BCUT2D eigenvalue weighted by atomic mass is 79.9. The van der Waals surface area contributed by atoms with Crippen molar-refractivity contribution >= 4 is 21.9 Å². The summed E-state index contributed by atoms with van der Waals surface area (Å²) < 4.78 is 17.7. The number of carbonyl (C=O) groups excluding carboxylic acids is 1. The van der Waals surface area contributed by atoms with Gasteiger partial charge in [0.1, 0.15) is 5.82 Å². The zero-order valence-electron chi connectivity index (χ0n) is 8.17. The van der Waals surface area contributed by atoms with E-state index in [1.54, 1.807) is 18.2 Å². The number of hydrogen-bond acceptors (Lipinski definition) is 2. The van der Waals surface area contributed by atoms with E-state index in [4.69, 9.17) is 0 Å². The number of rotatable bonds is 3. The van der Waals surface area contributed by atoms with E-state index in [0.717, 1.165) is 5.56 Å². The lowest BCUT2D eigenvalue weighted by Gasteiger charge is -1.98. The zero-order chi connectivity index (χ0) is 11.3. The fourth-order valence-electron chi connectivity index (χ4n) is 1.03. The molecule has 80 valence electrons. The summed E-state index contributed by atoms with van der Waals surface area (Å²) in [5.41, 5.74) is 0.920. The van der Waals surface area contributed by atoms with Crippen molar-refractivity contribution in [3.63, 3.8) is 0 Å². The Morgan fingerprint density at radius 2 is 2.33 bits per heavy atom. The predicted molar refractivity (Wildman–Crippen MR) is 59.0 cm³/mol. The Balaban J connectivity index is 2.62. The Hall–Kier alpha value is -1.16. The highest BCUT2D eigenvalue weighted by Gasteiger charge is 1.99. The number of methoxy groups -OCH3 is 1. The second-order valence-corrected chi connectivity index (χ2v) is 3.73. The maximum Gasteiger partial charge on any atom is 0.330 e. The molecule has 0 atom stereocenters. The summed E-state index contributed by atoms with van der Waals surface area (Å²) in [6.07, 6.45) is 3.58. The fraction of sp³-hybridized carbons (Fsp3) is 0.182. The van der Waals surface area contributed by atoms with Crippen LogP contribution in [0.5, 0.6) is 0 Å². The summed E-state index contributed by atoms with van der Waals surface area (Å²) >= 11 is 3.09. The fourth-order valence-corrected chi connectivity index (χ4v) is 1.45. The van der Waals surface area contributed by atoms with Gasteiger partial charge in [0.25, 0.3) is 0 Å². The summed E-state index contributed by atoms with van der Waals surface area (Å²) in [7, 11) is 1.32. The molecule has 0 heterocycles. The molecule has 0 aliphatic rings. The van der Waals surface area contributed by atoms with Crippen molar-refractivity contribution in [1.82, 2.24) is 0 Å². The average molecular weight is 273 g/mol. The van der Waals surface area contributed by atoms with Gasteiger partial charge in [-0.2, -0.15) is 0 Å². The van der Waals surface area contributed by atoms with Crippen molar-refractivity contribution in [2.45, 2.75) is 6.42 Å². The molecule has 0 unspecified atom stereocenters. The van der Waals surface area contributed by atoms with E-state index >= 15 is 0 Å². The van der Waals surface area contributed by atoms with E-state index in [9.17, 15) is 9.18 Å². The first kappa shape index (κ1) is 11.9. The zero-order valence-corrected chi connectivity index (χ0v) is 9.75. The molecule has 0 amide bonds. The number of ether oxygens (including phenoxy) is 1. The molecule has 0 saturated heterocycles. The van der Waals surface area contributed by atoms with Crippen LogP contribution in [0.1, 0.15) is 5.56 Å². The molecule has 4 heteroatoms. The number of benzene rings is 1. The van der Waals surface area contributed by atoms with E-state index in [0.29, 0.717) is 10.9 Å². The van der Waals surface area contributed by atoms with Crippen LogP contribution in [0.25, 0.3) is 0 Å². The molecule has 0 spiro atoms. The third-order valence-electron chi connectivity index (χ3n) is 1.79. The van der Waals surface area contributed by atoms with E-state index in [-0.39, 0.29) is 5.82 Å². The summed E-state index contributed by atoms with van der Waals surface area (Å²) in [5, 5.41) is 0. The summed E-state index contributed by atoms with van der Waals surface area (Å²) in [4.78, 5) is 10.7. The Bertz CT molecular complexity index is 388. The molecule has 1 aromatic rings. The lowest BCUT2D eigenvalue weighted by Crippen LogP contribution is -1.94. The van der Waals surface area contributed by atoms with E-state index in [1.165, 1.54) is 19.3 Å². The molecule has 0 aliphatic heterocycles. The summed E-state index contributed by atoms with van der Waals surface area (Å²) in [5.74, 6) is -0.688. The van der Waals surface area contributed by atoms with Crippen LogP contribution in [0.3, 0.4) is 0 Å². The first-order chi connectivity index (χ1) is 7.13. The van der Waals surface area contributed by atoms with Crippen LogP contribution in [-0.2, 0) is 16.0 Å². The molecule has 0 radical (unpaired) electrons. The van der Waals surface area contributed by atoms with Crippen molar-refractivity contribution in [2.75, 3.05) is 7.11 Å². The largest absolute Gasteiger partial charge is 0.466 e. The minimum Gasteiger partial charge on any atom is -0.466 e. The third kappa shape index (κ3) is 3.83. The van der Waals surface area contributed by atoms with E-state index in [1.807, 2.05) is 0 Å². The van der Waals surface area contributed by atoms with Gasteiger partial charge < -0.3 is 4.74 Å². The van der Waals surface area contributed by atoms with Crippen molar-refractivity contribution in [1.29, 1.82) is 0 Å². The Morgan fingerprint density at radius 3 is 2.93 bits per heavy atom. The van der Waals surface area contributed by atoms with Crippen molar-refractivity contribution in [2.24, 2.45) is 0 Å². The Morgan fingerprint density at radius 1 is 1.60 bits per heavy atom. The average Bonchev–Trinajstić information content (AvgIpc) is 2.23. The van der Waals surface area contributed by atoms with Crippen LogP contribution in [0.2, 0.25) is 0 Å². The SMILES string of the molecule is COC(=O)C=CCc1ccc(F)c(Br)c1. The highest BCUT2D eigenvalue weighted by Crippen LogP contribution is 2.17. The van der Waals surface area contributed by atoms with Crippen LogP contribution < -0.4 is 0 Å². The predicted octanol–water partition coefficient (Wildman–Crippen LogP) is 2.86. The van der Waals surface area contributed by atoms with Crippen LogP contribution in [0.15, 0.2) is 34.8 Å². The monoisotopic (exact) mass is 272 g/mol. The number of allylic oxidation sites excluding steroid dienone is 1. The van der Waals surface area contributed by atoms with Gasteiger partial charge in [0.05, 0.1) is 11.6 Å². The topological polar surface area (TPSA) is 26.3 Å². The molecule has 0 aromatic heterocycles. The number of hydrogen-bond donors (Lipinski definition) is 0. The van der Waals surface area contributed by atoms with Gasteiger partial charge >= 0.3 is 5.97 Å². The molecular weight excluding hydrogens is 263 g/mol. The van der Waals surface area contributed by atoms with Gasteiger partial charge in [-0.05, 0) is 40.0 Å². The molecular formula is C11H10BrFO2. The number of carbonyl (C=O) groups is 1. The second kappa shape index (κ2) is 5.66. The molecule has 0 saturated carbocycles. The minimum absolute atomic E-state index is 0.296. The quantitative estimate of drug-likeness (QED) is 0.625. The lowest BCUT2D eigenvalue weighted by molar-refractivity contribution is -0.134. The van der Waals surface area contributed by atoms with E-state index in [2.05, 4.69) is 20.7 Å². The molecule has 1 rings (SSSR count). The van der Waals surface area contributed by atoms with Gasteiger partial charge in [-0.3, -0.25) is 0 Å². The number of halogens is 2. The van der Waals surface area contributed by atoms with Crippen molar-refractivity contribution < 1.29 is 13.9 Å². The second-order valence-electron chi connectivity index (χ2n) is 2.88. The minimum atomic E-state index is -0.392. The molecule has 0 fully saturated rings. The van der Waals surface area contributed by atoms with Crippen LogP contribution >= 0.6 is 15.9 Å². The van der Waals surface area contributed by atoms with E-state index < -0.39 is 5.97 Å². The smallest absolute Gasteiger partial charge is 0.330 e. The van der Waals surface area contributed by atoms with Gasteiger partial charge in [0.15, 0.2) is 0 Å². The molecule has 0 aliphatic carbocycles. The van der Waals surface area contributed by atoms with Gasteiger partial charge in [-0.15, -0.1) is 0 Å². The van der Waals surface area contributed by atoms with Gasteiger partial charge in [-0.25, -0.2) is 9.18 Å². The molecule has 0 N–H and O–H groups in total. The molecule has 1 aromatic carbocycles. The first-order valence-electron chi connectivity index (χ1n) is 4.32. The van der Waals surface area contributed by atoms with Crippen LogP contribution in [0, 0.1) is 5.82 Å². The standard InChI is InChI=1S/C11H10BrFO2/c1-15-11(14)4-2-3-8-5-6-10(13)9(12)7-8/h2,4-7H,3H2,1H3. The maximum atomic E-state index is 12.9. The van der Waals surface area contributed by atoms with Gasteiger partial charge in [-0.1, -0.05) is 12.1 Å². The lowest BCUT2D eigenvalue weighted by atomic mass is 10.1. The Labute approximate surface area is 95.9 Å². The van der Waals surface area contributed by atoms with Crippen LogP contribution in [-0.4, -0.2) is 13.1 Å². The highest BCUT2D eigenvalue weighted by molar-refractivity contribution is 9.10. The molecule has 15 heavy (non-hydrogen) atoms. The summed E-state index contributed by atoms with van der Waals surface area (Å²) in [6.45, 7) is 0. The van der Waals surface area contributed by atoms with Gasteiger partial charge in [0, 0.05) is 6.08 Å². The first-order valence-corrected chi connectivity index (χ1v) is 5.11. The maximum absolute atomic E-state index is 12.9. The third-order valence-corrected chi connectivity index (χ3v) is 2.40. The Kier molecular flexibility index (Phi) is 4.49. The summed E-state index contributed by atoms with van der Waals surface area (Å²) in [6, 6.07) is 4.73. The van der Waals surface area contributed by atoms with Crippen LogP contribution in [0.4, 0.5) is 4.39 Å². The number of esters is 1. The molecule has 0 bridgehead atoms.